The van der Waals surface area contributed by atoms with Gasteiger partial charge in [-0.05, 0) is 29.8 Å². The molecule has 0 fully saturated rings. The van der Waals surface area contributed by atoms with Gasteiger partial charge in [0.05, 0.1) is 31.4 Å². The maximum Gasteiger partial charge on any atom is 0.339 e. The standard InChI is InChI=1S/C20H24N2O9S2/c1-32(26,27)30-11-9-22(10-12-31-33(2,28)29)17-6-3-15(4-7-17)14-21-16-5-8-18(20(24)25)19(23)13-16/h3-8,13-14,23H,9-12H2,1-2H3,(H,24,25). The average Bonchev–Trinajstić information content (AvgIpc) is 2.69. The van der Waals surface area contributed by atoms with Crippen molar-refractivity contribution in [2.45, 2.75) is 0 Å². The Labute approximate surface area is 192 Å². The van der Waals surface area contributed by atoms with Crippen LogP contribution in [0.15, 0.2) is 47.5 Å². The molecule has 33 heavy (non-hydrogen) atoms. The van der Waals surface area contributed by atoms with Crippen LogP contribution in [0.2, 0.25) is 0 Å². The predicted molar refractivity (Wildman–Crippen MR) is 123 cm³/mol. The van der Waals surface area contributed by atoms with Gasteiger partial charge in [-0.2, -0.15) is 16.8 Å². The zero-order valence-corrected chi connectivity index (χ0v) is 19.5. The van der Waals surface area contributed by atoms with Crippen molar-refractivity contribution in [3.63, 3.8) is 0 Å². The summed E-state index contributed by atoms with van der Waals surface area (Å²) in [6, 6.07) is 10.9. The molecule has 0 saturated carbocycles. The lowest BCUT2D eigenvalue weighted by Gasteiger charge is -2.24. The molecule has 13 heteroatoms. The fourth-order valence-corrected chi connectivity index (χ4v) is 3.42. The molecule has 2 rings (SSSR count). The molecule has 0 unspecified atom stereocenters. The molecule has 0 radical (unpaired) electrons. The van der Waals surface area contributed by atoms with Gasteiger partial charge in [-0.3, -0.25) is 13.4 Å². The Morgan fingerprint density at radius 3 is 1.97 bits per heavy atom. The molecule has 0 aromatic heterocycles. The SMILES string of the molecule is CS(=O)(=O)OCCN(CCOS(C)(=O)=O)c1ccc(C=Nc2ccc(C(=O)O)c(O)c2)cc1. The van der Waals surface area contributed by atoms with Crippen LogP contribution in [0.1, 0.15) is 15.9 Å². The number of hydrogen-bond acceptors (Lipinski definition) is 10. The number of carboxylic acid groups (broad SMARTS) is 1. The van der Waals surface area contributed by atoms with Crippen LogP contribution in [0.5, 0.6) is 5.75 Å². The highest BCUT2D eigenvalue weighted by molar-refractivity contribution is 7.86. The smallest absolute Gasteiger partial charge is 0.339 e. The van der Waals surface area contributed by atoms with Gasteiger partial charge >= 0.3 is 5.97 Å². The highest BCUT2D eigenvalue weighted by atomic mass is 32.2. The summed E-state index contributed by atoms with van der Waals surface area (Å²) in [5.74, 6) is -1.64. The highest BCUT2D eigenvalue weighted by Gasteiger charge is 2.11. The summed E-state index contributed by atoms with van der Waals surface area (Å²) in [5.41, 5.74) is 1.50. The van der Waals surface area contributed by atoms with Gasteiger partial charge in [-0.1, -0.05) is 12.1 Å². The lowest BCUT2D eigenvalue weighted by Crippen LogP contribution is -2.32. The van der Waals surface area contributed by atoms with Crippen molar-refractivity contribution in [3.8, 4) is 5.75 Å². The number of aromatic carboxylic acids is 1. The van der Waals surface area contributed by atoms with Crippen LogP contribution < -0.4 is 4.90 Å². The molecule has 0 amide bonds. The number of nitrogens with zero attached hydrogens (tertiary/aromatic N) is 2. The van der Waals surface area contributed by atoms with E-state index >= 15 is 0 Å². The van der Waals surface area contributed by atoms with Crippen LogP contribution in [0.4, 0.5) is 11.4 Å². The molecule has 0 saturated heterocycles. The molecule has 180 valence electrons. The maximum atomic E-state index is 11.2. The molecule has 0 aliphatic carbocycles. The molecule has 0 bridgehead atoms. The van der Waals surface area contributed by atoms with Gasteiger partial charge in [0.1, 0.15) is 11.3 Å². The molecular weight excluding hydrogens is 476 g/mol. The maximum absolute atomic E-state index is 11.2. The Morgan fingerprint density at radius 2 is 1.52 bits per heavy atom. The Bertz CT molecular complexity index is 1170. The fraction of sp³-hybridized carbons (Fsp3) is 0.300. The highest BCUT2D eigenvalue weighted by Crippen LogP contribution is 2.24. The number of rotatable bonds is 12. The van der Waals surface area contributed by atoms with Gasteiger partial charge in [0.2, 0.25) is 0 Å². The van der Waals surface area contributed by atoms with Crippen molar-refractivity contribution >= 4 is 43.8 Å². The second-order valence-corrected chi connectivity index (χ2v) is 10.2. The molecule has 0 atom stereocenters. The minimum absolute atomic E-state index is 0.128. The van der Waals surface area contributed by atoms with Crippen LogP contribution >= 0.6 is 0 Å². The second-order valence-electron chi connectivity index (χ2n) is 6.90. The molecule has 0 aliphatic heterocycles. The normalized spacial score (nSPS) is 12.2. The minimum atomic E-state index is -3.62. The van der Waals surface area contributed by atoms with Gasteiger partial charge in [-0.25, -0.2) is 4.79 Å². The van der Waals surface area contributed by atoms with Crippen molar-refractivity contribution in [2.24, 2.45) is 4.99 Å². The first-order chi connectivity index (χ1) is 15.3. The molecule has 2 aromatic carbocycles. The number of carbonyl (C=O) groups is 1. The van der Waals surface area contributed by atoms with Crippen LogP contribution in [0, 0.1) is 0 Å². The van der Waals surface area contributed by atoms with E-state index in [0.717, 1.165) is 12.5 Å². The lowest BCUT2D eigenvalue weighted by molar-refractivity contribution is 0.0693. The van der Waals surface area contributed by atoms with E-state index < -0.39 is 32.0 Å². The third kappa shape index (κ3) is 9.57. The minimum Gasteiger partial charge on any atom is -0.507 e. The number of carboxylic acids is 1. The summed E-state index contributed by atoms with van der Waals surface area (Å²) in [5, 5.41) is 18.7. The van der Waals surface area contributed by atoms with Gasteiger partial charge in [0.15, 0.2) is 0 Å². The second kappa shape index (κ2) is 11.2. The first kappa shape index (κ1) is 26.3. The summed E-state index contributed by atoms with van der Waals surface area (Å²) in [7, 11) is -7.24. The van der Waals surface area contributed by atoms with Crippen molar-refractivity contribution in [1.29, 1.82) is 0 Å². The van der Waals surface area contributed by atoms with Gasteiger partial charge < -0.3 is 15.1 Å². The Morgan fingerprint density at radius 1 is 0.970 bits per heavy atom. The Balaban J connectivity index is 2.11. The van der Waals surface area contributed by atoms with Gasteiger partial charge in [0, 0.05) is 31.1 Å². The molecule has 0 spiro atoms. The molecule has 11 nitrogen and oxygen atoms in total. The topological polar surface area (TPSA) is 160 Å². The van der Waals surface area contributed by atoms with Gasteiger partial charge in [-0.15, -0.1) is 0 Å². The number of hydrogen-bond donors (Lipinski definition) is 2. The quantitative estimate of drug-likeness (QED) is 0.324. The van der Waals surface area contributed by atoms with Crippen LogP contribution in [0.25, 0.3) is 0 Å². The van der Waals surface area contributed by atoms with E-state index in [2.05, 4.69) is 4.99 Å². The molecule has 0 heterocycles. The van der Waals surface area contributed by atoms with Crippen molar-refractivity contribution < 1.29 is 40.2 Å². The monoisotopic (exact) mass is 500 g/mol. The van der Waals surface area contributed by atoms with Crippen molar-refractivity contribution in [2.75, 3.05) is 43.7 Å². The van der Waals surface area contributed by atoms with Gasteiger partial charge in [0.25, 0.3) is 20.2 Å². The lowest BCUT2D eigenvalue weighted by atomic mass is 10.2. The van der Waals surface area contributed by atoms with Crippen molar-refractivity contribution in [3.05, 3.63) is 53.6 Å². The zero-order valence-electron chi connectivity index (χ0n) is 17.9. The van der Waals surface area contributed by atoms with Crippen LogP contribution in [0.3, 0.4) is 0 Å². The van der Waals surface area contributed by atoms with E-state index in [0.29, 0.717) is 16.9 Å². The van der Waals surface area contributed by atoms with E-state index in [1.807, 2.05) is 0 Å². The zero-order chi connectivity index (χ0) is 24.6. The van der Waals surface area contributed by atoms with E-state index in [4.69, 9.17) is 13.5 Å². The fourth-order valence-electron chi connectivity index (χ4n) is 2.67. The summed E-state index contributed by atoms with van der Waals surface area (Å²) >= 11 is 0. The molecule has 2 aromatic rings. The van der Waals surface area contributed by atoms with Crippen LogP contribution in [-0.4, -0.2) is 78.0 Å². The molecule has 0 aliphatic rings. The summed E-state index contributed by atoms with van der Waals surface area (Å²) < 4.78 is 54.3. The average molecular weight is 501 g/mol. The summed E-state index contributed by atoms with van der Waals surface area (Å²) in [4.78, 5) is 16.9. The number of benzene rings is 2. The van der Waals surface area contributed by atoms with E-state index in [1.165, 1.54) is 24.4 Å². The number of aromatic hydroxyl groups is 1. The largest absolute Gasteiger partial charge is 0.507 e. The van der Waals surface area contributed by atoms with Crippen LogP contribution in [-0.2, 0) is 28.6 Å². The molecule has 2 N–H and O–H groups in total. The number of phenols is 1. The summed E-state index contributed by atoms with van der Waals surface area (Å²) in [6.07, 6.45) is 3.39. The Hall–Kier alpha value is -3.00. The van der Waals surface area contributed by atoms with E-state index in [9.17, 15) is 26.7 Å². The third-order valence-electron chi connectivity index (χ3n) is 4.15. The Kier molecular flexibility index (Phi) is 8.93. The predicted octanol–water partition coefficient (Wildman–Crippen LogP) is 1.60. The molecular formula is C20H24N2O9S2. The number of aliphatic imine (C=N–C) groups is 1. The van der Waals surface area contributed by atoms with Crippen molar-refractivity contribution in [1.82, 2.24) is 0 Å². The first-order valence-electron chi connectivity index (χ1n) is 9.48. The summed E-state index contributed by atoms with van der Waals surface area (Å²) in [6.45, 7) is 0.0825. The van der Waals surface area contributed by atoms with E-state index in [1.54, 1.807) is 29.2 Å². The first-order valence-corrected chi connectivity index (χ1v) is 13.1. The number of anilines is 1. The third-order valence-corrected chi connectivity index (χ3v) is 5.34. The van der Waals surface area contributed by atoms with E-state index in [-0.39, 0.29) is 31.9 Å².